The first kappa shape index (κ1) is 15.0. The van der Waals surface area contributed by atoms with Gasteiger partial charge in [-0.25, -0.2) is 8.42 Å². The highest BCUT2D eigenvalue weighted by Gasteiger charge is 2.41. The SMILES string of the molecule is COC(=O)C1CS(=O)(=O)C(C)C(c2ccc(C)cc2)N1. The minimum atomic E-state index is -3.34. The smallest absolute Gasteiger partial charge is 0.323 e. The molecule has 0 aliphatic carbocycles. The summed E-state index contributed by atoms with van der Waals surface area (Å²) in [6.45, 7) is 3.63. The Balaban J connectivity index is 2.35. The van der Waals surface area contributed by atoms with Crippen molar-refractivity contribution in [2.24, 2.45) is 0 Å². The molecular formula is C14H19NO4S. The average molecular weight is 297 g/mol. The largest absolute Gasteiger partial charge is 0.468 e. The summed E-state index contributed by atoms with van der Waals surface area (Å²) in [5, 5.41) is 2.51. The van der Waals surface area contributed by atoms with E-state index >= 15 is 0 Å². The van der Waals surface area contributed by atoms with Gasteiger partial charge >= 0.3 is 5.97 Å². The van der Waals surface area contributed by atoms with Crippen molar-refractivity contribution in [2.75, 3.05) is 12.9 Å². The fourth-order valence-corrected chi connectivity index (χ4v) is 4.06. The summed E-state index contributed by atoms with van der Waals surface area (Å²) in [5.74, 6) is -0.763. The van der Waals surface area contributed by atoms with E-state index < -0.39 is 33.1 Å². The third kappa shape index (κ3) is 2.86. The molecule has 0 saturated carbocycles. The number of hydrogen-bond acceptors (Lipinski definition) is 5. The first-order chi connectivity index (χ1) is 9.35. The summed E-state index contributed by atoms with van der Waals surface area (Å²) < 4.78 is 29.1. The zero-order chi connectivity index (χ0) is 14.9. The van der Waals surface area contributed by atoms with E-state index in [1.165, 1.54) is 7.11 Å². The van der Waals surface area contributed by atoms with Gasteiger partial charge in [-0.05, 0) is 19.4 Å². The first-order valence-corrected chi connectivity index (χ1v) is 8.18. The minimum Gasteiger partial charge on any atom is -0.468 e. The lowest BCUT2D eigenvalue weighted by Gasteiger charge is -2.34. The van der Waals surface area contributed by atoms with Crippen molar-refractivity contribution in [3.63, 3.8) is 0 Å². The highest BCUT2D eigenvalue weighted by atomic mass is 32.2. The number of rotatable bonds is 2. The van der Waals surface area contributed by atoms with E-state index in [-0.39, 0.29) is 5.75 Å². The normalized spacial score (nSPS) is 28.9. The fraction of sp³-hybridized carbons (Fsp3) is 0.500. The van der Waals surface area contributed by atoms with Gasteiger partial charge in [-0.1, -0.05) is 29.8 Å². The van der Waals surface area contributed by atoms with Crippen LogP contribution in [0, 0.1) is 6.92 Å². The van der Waals surface area contributed by atoms with E-state index in [0.717, 1.165) is 11.1 Å². The third-order valence-electron chi connectivity index (χ3n) is 3.74. The summed E-state index contributed by atoms with van der Waals surface area (Å²) >= 11 is 0. The van der Waals surface area contributed by atoms with Crippen LogP contribution < -0.4 is 5.32 Å². The van der Waals surface area contributed by atoms with Gasteiger partial charge in [0.05, 0.1) is 18.1 Å². The second kappa shape index (κ2) is 5.54. The van der Waals surface area contributed by atoms with Crippen LogP contribution in [0.25, 0.3) is 0 Å². The molecule has 0 aromatic heterocycles. The maximum absolute atomic E-state index is 12.2. The topological polar surface area (TPSA) is 72.5 Å². The Morgan fingerprint density at radius 2 is 1.90 bits per heavy atom. The number of methoxy groups -OCH3 is 1. The zero-order valence-corrected chi connectivity index (χ0v) is 12.6. The average Bonchev–Trinajstić information content (AvgIpc) is 2.42. The Labute approximate surface area is 119 Å². The van der Waals surface area contributed by atoms with E-state index in [2.05, 4.69) is 10.1 Å². The van der Waals surface area contributed by atoms with E-state index in [9.17, 15) is 13.2 Å². The zero-order valence-electron chi connectivity index (χ0n) is 11.8. The molecule has 1 aliphatic rings. The predicted octanol–water partition coefficient (Wildman–Crippen LogP) is 0.984. The number of carbonyl (C=O) groups excluding carboxylic acids is 1. The van der Waals surface area contributed by atoms with E-state index in [0.29, 0.717) is 0 Å². The molecule has 1 aromatic carbocycles. The number of aryl methyl sites for hydroxylation is 1. The second-order valence-corrected chi connectivity index (χ2v) is 7.57. The number of carbonyl (C=O) groups is 1. The summed E-state index contributed by atoms with van der Waals surface area (Å²) in [6, 6.07) is 6.42. The van der Waals surface area contributed by atoms with E-state index in [1.54, 1.807) is 6.92 Å². The molecule has 3 unspecified atom stereocenters. The van der Waals surface area contributed by atoms with E-state index in [4.69, 9.17) is 0 Å². The molecule has 3 atom stereocenters. The Morgan fingerprint density at radius 3 is 2.45 bits per heavy atom. The van der Waals surface area contributed by atoms with Crippen LogP contribution in [0.2, 0.25) is 0 Å². The van der Waals surface area contributed by atoms with Crippen LogP contribution in [0.1, 0.15) is 24.1 Å². The van der Waals surface area contributed by atoms with Crippen LogP contribution in [0.15, 0.2) is 24.3 Å². The van der Waals surface area contributed by atoms with Crippen LogP contribution >= 0.6 is 0 Å². The molecule has 20 heavy (non-hydrogen) atoms. The molecule has 0 amide bonds. The van der Waals surface area contributed by atoms with Gasteiger partial charge in [0.2, 0.25) is 0 Å². The number of benzene rings is 1. The van der Waals surface area contributed by atoms with Gasteiger partial charge in [-0.2, -0.15) is 0 Å². The molecule has 1 N–H and O–H groups in total. The molecular weight excluding hydrogens is 278 g/mol. The molecule has 1 saturated heterocycles. The van der Waals surface area contributed by atoms with Crippen LogP contribution in [0.5, 0.6) is 0 Å². The maximum Gasteiger partial charge on any atom is 0.323 e. The minimum absolute atomic E-state index is 0.219. The highest BCUT2D eigenvalue weighted by Crippen LogP contribution is 2.28. The predicted molar refractivity (Wildman–Crippen MR) is 76.1 cm³/mol. The van der Waals surface area contributed by atoms with Crippen molar-refractivity contribution in [2.45, 2.75) is 31.2 Å². The lowest BCUT2D eigenvalue weighted by atomic mass is 10.0. The van der Waals surface area contributed by atoms with Gasteiger partial charge in [0.25, 0.3) is 0 Å². The molecule has 0 radical (unpaired) electrons. The Kier molecular flexibility index (Phi) is 4.15. The van der Waals surface area contributed by atoms with Crippen molar-refractivity contribution in [1.82, 2.24) is 5.32 Å². The molecule has 2 rings (SSSR count). The monoisotopic (exact) mass is 297 g/mol. The molecule has 0 bridgehead atoms. The number of esters is 1. The fourth-order valence-electron chi connectivity index (χ4n) is 2.41. The van der Waals surface area contributed by atoms with Gasteiger partial charge in [-0.3, -0.25) is 10.1 Å². The molecule has 1 heterocycles. The second-order valence-electron chi connectivity index (χ2n) is 5.17. The molecule has 1 aromatic rings. The number of sulfone groups is 1. The number of nitrogens with one attached hydrogen (secondary N) is 1. The van der Waals surface area contributed by atoms with Gasteiger partial charge in [0, 0.05) is 6.04 Å². The quantitative estimate of drug-likeness (QED) is 0.824. The maximum atomic E-state index is 12.2. The van der Waals surface area contributed by atoms with Crippen LogP contribution in [-0.2, 0) is 19.4 Å². The first-order valence-electron chi connectivity index (χ1n) is 6.47. The van der Waals surface area contributed by atoms with Crippen molar-refractivity contribution in [3.05, 3.63) is 35.4 Å². The summed E-state index contributed by atoms with van der Waals surface area (Å²) in [5.41, 5.74) is 1.96. The lowest BCUT2D eigenvalue weighted by Crippen LogP contribution is -2.55. The molecule has 0 spiro atoms. The van der Waals surface area contributed by atoms with Crippen molar-refractivity contribution >= 4 is 15.8 Å². The summed E-state index contributed by atoms with van der Waals surface area (Å²) in [6.07, 6.45) is 0. The van der Waals surface area contributed by atoms with E-state index in [1.807, 2.05) is 31.2 Å². The van der Waals surface area contributed by atoms with Crippen LogP contribution in [0.4, 0.5) is 0 Å². The lowest BCUT2D eigenvalue weighted by molar-refractivity contribution is -0.142. The van der Waals surface area contributed by atoms with Gasteiger partial charge < -0.3 is 4.74 Å². The van der Waals surface area contributed by atoms with Crippen molar-refractivity contribution in [1.29, 1.82) is 0 Å². The third-order valence-corrected chi connectivity index (χ3v) is 5.94. The van der Waals surface area contributed by atoms with Gasteiger partial charge in [0.1, 0.15) is 6.04 Å². The van der Waals surface area contributed by atoms with Crippen molar-refractivity contribution in [3.8, 4) is 0 Å². The number of hydrogen-bond donors (Lipinski definition) is 1. The van der Waals surface area contributed by atoms with Crippen LogP contribution in [0.3, 0.4) is 0 Å². The Hall–Kier alpha value is -1.40. The van der Waals surface area contributed by atoms with Gasteiger partial charge in [0.15, 0.2) is 9.84 Å². The summed E-state index contributed by atoms with van der Waals surface area (Å²) in [4.78, 5) is 11.6. The standard InChI is InChI=1S/C14H19NO4S/c1-9-4-6-11(7-5-9)13-10(2)20(17,18)8-12(15-13)14(16)19-3/h4-7,10,12-13,15H,8H2,1-3H3. The number of ether oxygens (including phenoxy) is 1. The summed E-state index contributed by atoms with van der Waals surface area (Å²) in [7, 11) is -2.08. The Bertz CT molecular complexity index is 594. The van der Waals surface area contributed by atoms with Crippen LogP contribution in [-0.4, -0.2) is 38.5 Å². The van der Waals surface area contributed by atoms with Crippen molar-refractivity contribution < 1.29 is 17.9 Å². The van der Waals surface area contributed by atoms with Gasteiger partial charge in [-0.15, -0.1) is 0 Å². The molecule has 1 fully saturated rings. The Morgan fingerprint density at radius 1 is 1.30 bits per heavy atom. The molecule has 5 nitrogen and oxygen atoms in total. The molecule has 1 aliphatic heterocycles. The molecule has 110 valence electrons. The highest BCUT2D eigenvalue weighted by molar-refractivity contribution is 7.92. The molecule has 6 heteroatoms.